The van der Waals surface area contributed by atoms with E-state index in [0.29, 0.717) is 11.1 Å². The molecule has 1 heterocycles. The number of esters is 1. The minimum Gasteiger partial charge on any atom is -0.465 e. The molecule has 90 valence electrons. The number of carbonyl (C=O) groups is 1. The van der Waals surface area contributed by atoms with Crippen molar-refractivity contribution in [1.29, 1.82) is 0 Å². The number of para-hydroxylation sites is 1. The fourth-order valence-corrected chi connectivity index (χ4v) is 2.27. The second-order valence-corrected chi connectivity index (χ2v) is 4.22. The lowest BCUT2D eigenvalue weighted by molar-refractivity contribution is 0.0603. The first kappa shape index (κ1) is 10.8. The summed E-state index contributed by atoms with van der Waals surface area (Å²) in [5.74, 6) is -0.343. The van der Waals surface area contributed by atoms with E-state index in [-0.39, 0.29) is 5.97 Å². The van der Waals surface area contributed by atoms with Crippen LogP contribution >= 0.6 is 0 Å². The highest BCUT2D eigenvalue weighted by atomic mass is 16.5. The molecule has 0 amide bonds. The molecule has 1 aromatic heterocycles. The Hall–Kier alpha value is -2.29. The van der Waals surface area contributed by atoms with Crippen molar-refractivity contribution in [2.24, 2.45) is 0 Å². The van der Waals surface area contributed by atoms with Crippen LogP contribution in [0, 0.1) is 6.92 Å². The quantitative estimate of drug-likeness (QED) is 0.609. The normalized spacial score (nSPS) is 11.0. The van der Waals surface area contributed by atoms with Gasteiger partial charge in [0, 0.05) is 10.8 Å². The second kappa shape index (κ2) is 3.88. The highest BCUT2D eigenvalue weighted by Gasteiger charge is 2.16. The van der Waals surface area contributed by atoms with Gasteiger partial charge in [-0.3, -0.25) is 0 Å². The minimum absolute atomic E-state index is 0.343. The first-order valence-electron chi connectivity index (χ1n) is 5.71. The molecule has 0 saturated carbocycles. The van der Waals surface area contributed by atoms with Gasteiger partial charge in [0.05, 0.1) is 12.7 Å². The second-order valence-electron chi connectivity index (χ2n) is 4.22. The van der Waals surface area contributed by atoms with Gasteiger partial charge in [-0.25, -0.2) is 4.79 Å². The van der Waals surface area contributed by atoms with Crippen molar-refractivity contribution in [3.63, 3.8) is 0 Å². The largest absolute Gasteiger partial charge is 0.465 e. The molecule has 2 aromatic carbocycles. The number of furan rings is 1. The molecule has 0 N–H and O–H groups in total. The van der Waals surface area contributed by atoms with Gasteiger partial charge in [-0.15, -0.1) is 0 Å². The first-order valence-corrected chi connectivity index (χ1v) is 5.71. The molecule has 0 aliphatic rings. The number of hydrogen-bond acceptors (Lipinski definition) is 3. The van der Waals surface area contributed by atoms with E-state index in [0.717, 1.165) is 21.9 Å². The molecule has 0 aliphatic heterocycles. The van der Waals surface area contributed by atoms with Crippen molar-refractivity contribution < 1.29 is 13.9 Å². The van der Waals surface area contributed by atoms with E-state index < -0.39 is 0 Å². The number of rotatable bonds is 1. The van der Waals surface area contributed by atoms with Gasteiger partial charge in [-0.1, -0.05) is 24.3 Å². The summed E-state index contributed by atoms with van der Waals surface area (Å²) in [6.07, 6.45) is 0. The van der Waals surface area contributed by atoms with Crippen molar-refractivity contribution in [3.8, 4) is 0 Å². The van der Waals surface area contributed by atoms with Crippen molar-refractivity contribution >= 4 is 27.9 Å². The van der Waals surface area contributed by atoms with E-state index in [2.05, 4.69) is 0 Å². The van der Waals surface area contributed by atoms with E-state index >= 15 is 0 Å². The highest BCUT2D eigenvalue weighted by Crippen LogP contribution is 2.33. The number of aryl methyl sites for hydroxylation is 1. The summed E-state index contributed by atoms with van der Waals surface area (Å²) in [7, 11) is 1.38. The van der Waals surface area contributed by atoms with Crippen LogP contribution in [0.3, 0.4) is 0 Å². The van der Waals surface area contributed by atoms with Crippen LogP contribution in [0.5, 0.6) is 0 Å². The first-order chi connectivity index (χ1) is 8.72. The van der Waals surface area contributed by atoms with E-state index in [1.165, 1.54) is 7.11 Å². The molecule has 0 spiro atoms. The zero-order valence-electron chi connectivity index (χ0n) is 10.2. The van der Waals surface area contributed by atoms with Crippen LogP contribution in [0.25, 0.3) is 21.9 Å². The van der Waals surface area contributed by atoms with Crippen LogP contribution in [0.1, 0.15) is 15.9 Å². The smallest absolute Gasteiger partial charge is 0.338 e. The zero-order valence-corrected chi connectivity index (χ0v) is 10.2. The van der Waals surface area contributed by atoms with Gasteiger partial charge in [-0.05, 0) is 24.6 Å². The summed E-state index contributed by atoms with van der Waals surface area (Å²) in [4.78, 5) is 11.8. The lowest BCUT2D eigenvalue weighted by Gasteiger charge is -2.00. The molecule has 0 bridgehead atoms. The van der Waals surface area contributed by atoms with Gasteiger partial charge < -0.3 is 9.15 Å². The molecule has 3 heteroatoms. The van der Waals surface area contributed by atoms with Crippen LogP contribution in [0.15, 0.2) is 40.8 Å². The highest BCUT2D eigenvalue weighted by molar-refractivity contribution is 6.15. The zero-order chi connectivity index (χ0) is 12.7. The number of methoxy groups -OCH3 is 1. The summed E-state index contributed by atoms with van der Waals surface area (Å²) < 4.78 is 10.6. The Morgan fingerprint density at radius 1 is 1.17 bits per heavy atom. The number of ether oxygens (including phenoxy) is 1. The molecule has 0 unspecified atom stereocenters. The summed E-state index contributed by atoms with van der Waals surface area (Å²) in [6, 6.07) is 11.3. The van der Waals surface area contributed by atoms with Crippen molar-refractivity contribution in [1.82, 2.24) is 0 Å². The molecule has 0 atom stereocenters. The van der Waals surface area contributed by atoms with E-state index in [1.54, 1.807) is 12.1 Å². The average molecular weight is 240 g/mol. The SMILES string of the molecule is COC(=O)c1cccc2oc3c(C)cccc3c12. The molecule has 18 heavy (non-hydrogen) atoms. The third-order valence-electron chi connectivity index (χ3n) is 3.12. The molecule has 3 aromatic rings. The summed E-state index contributed by atoms with van der Waals surface area (Å²) in [5, 5.41) is 1.77. The van der Waals surface area contributed by atoms with Gasteiger partial charge in [-0.2, -0.15) is 0 Å². The van der Waals surface area contributed by atoms with Crippen LogP contribution in [0.2, 0.25) is 0 Å². The lowest BCUT2D eigenvalue weighted by Crippen LogP contribution is -2.01. The fraction of sp³-hybridized carbons (Fsp3) is 0.133. The Kier molecular flexibility index (Phi) is 2.33. The van der Waals surface area contributed by atoms with Crippen molar-refractivity contribution in [3.05, 3.63) is 47.5 Å². The van der Waals surface area contributed by atoms with Crippen LogP contribution < -0.4 is 0 Å². The lowest BCUT2D eigenvalue weighted by atomic mass is 10.1. The Balaban J connectivity index is 2.49. The third kappa shape index (κ3) is 1.40. The molecule has 0 aliphatic carbocycles. The molecule has 0 fully saturated rings. The van der Waals surface area contributed by atoms with Gasteiger partial charge in [0.25, 0.3) is 0 Å². The third-order valence-corrected chi connectivity index (χ3v) is 3.12. The maximum absolute atomic E-state index is 11.8. The number of carbonyl (C=O) groups excluding carboxylic acids is 1. The van der Waals surface area contributed by atoms with Gasteiger partial charge in [0.15, 0.2) is 0 Å². The number of benzene rings is 2. The van der Waals surface area contributed by atoms with Crippen molar-refractivity contribution in [2.45, 2.75) is 6.92 Å². The summed E-state index contributed by atoms with van der Waals surface area (Å²) >= 11 is 0. The van der Waals surface area contributed by atoms with E-state index in [4.69, 9.17) is 9.15 Å². The van der Waals surface area contributed by atoms with E-state index in [9.17, 15) is 4.79 Å². The topological polar surface area (TPSA) is 39.4 Å². The van der Waals surface area contributed by atoms with E-state index in [1.807, 2.05) is 31.2 Å². The maximum atomic E-state index is 11.8. The average Bonchev–Trinajstić information content (AvgIpc) is 2.78. The predicted molar refractivity (Wildman–Crippen MR) is 69.8 cm³/mol. The number of hydrogen-bond donors (Lipinski definition) is 0. The molecule has 3 nitrogen and oxygen atoms in total. The van der Waals surface area contributed by atoms with Crippen LogP contribution in [-0.4, -0.2) is 13.1 Å². The minimum atomic E-state index is -0.343. The fourth-order valence-electron chi connectivity index (χ4n) is 2.27. The standard InChI is InChI=1S/C15H12O3/c1-9-5-3-6-10-13-11(15(16)17-2)7-4-8-12(13)18-14(9)10/h3-8H,1-2H3. The molecular formula is C15H12O3. The summed E-state index contributed by atoms with van der Waals surface area (Å²) in [5.41, 5.74) is 3.13. The predicted octanol–water partition coefficient (Wildman–Crippen LogP) is 3.68. The van der Waals surface area contributed by atoms with Gasteiger partial charge in [0.1, 0.15) is 11.2 Å². The summed E-state index contributed by atoms with van der Waals surface area (Å²) in [6.45, 7) is 1.99. The van der Waals surface area contributed by atoms with Crippen LogP contribution in [0.4, 0.5) is 0 Å². The van der Waals surface area contributed by atoms with Crippen LogP contribution in [-0.2, 0) is 4.74 Å². The molecular weight excluding hydrogens is 228 g/mol. The Morgan fingerprint density at radius 3 is 2.72 bits per heavy atom. The molecule has 0 saturated heterocycles. The van der Waals surface area contributed by atoms with Gasteiger partial charge >= 0.3 is 5.97 Å². The Labute approximate surface area is 104 Å². The molecule has 3 rings (SSSR count). The number of fused-ring (bicyclic) bond motifs is 3. The van der Waals surface area contributed by atoms with Gasteiger partial charge in [0.2, 0.25) is 0 Å². The Bertz CT molecular complexity index is 753. The Morgan fingerprint density at radius 2 is 1.94 bits per heavy atom. The van der Waals surface area contributed by atoms with Crippen molar-refractivity contribution in [2.75, 3.05) is 7.11 Å². The monoisotopic (exact) mass is 240 g/mol. The maximum Gasteiger partial charge on any atom is 0.338 e. The molecule has 0 radical (unpaired) electrons.